The Hall–Kier alpha value is -1.76. The van der Waals surface area contributed by atoms with Crippen molar-refractivity contribution in [3.8, 4) is 0 Å². The van der Waals surface area contributed by atoms with Crippen molar-refractivity contribution < 1.29 is 29.0 Å². The molecule has 98 valence electrons. The maximum Gasteiger partial charge on any atom is 0.243 e. The van der Waals surface area contributed by atoms with Gasteiger partial charge in [0.05, 0.1) is 0 Å². The van der Waals surface area contributed by atoms with Gasteiger partial charge in [0.2, 0.25) is 37.5 Å². The lowest BCUT2D eigenvalue weighted by atomic mass is 10.3. The van der Waals surface area contributed by atoms with E-state index in [4.69, 9.17) is 18.9 Å². The van der Waals surface area contributed by atoms with Crippen LogP contribution in [0.1, 0.15) is 0 Å². The van der Waals surface area contributed by atoms with Gasteiger partial charge in [-0.1, -0.05) is 10.0 Å². The first-order chi connectivity index (χ1) is 8.58. The molecular weight excluding hydrogens is 256 g/mol. The fraction of sp³-hybridized carbons (Fsp3) is 1.00. The molecule has 0 unspecified atom stereocenters. The minimum atomic E-state index is -1.19. The zero-order valence-corrected chi connectivity index (χ0v) is 8.52. The van der Waals surface area contributed by atoms with E-state index >= 15 is 0 Å². The van der Waals surface area contributed by atoms with E-state index in [1.807, 2.05) is 0 Å². The van der Waals surface area contributed by atoms with Crippen molar-refractivity contribution in [2.75, 3.05) is 0 Å². The molecule has 0 amide bonds. The van der Waals surface area contributed by atoms with Crippen molar-refractivity contribution >= 4 is 0 Å². The number of ether oxygens (including phenoxy) is 4. The van der Waals surface area contributed by atoms with Gasteiger partial charge in [-0.25, -0.2) is 20.2 Å². The molecule has 0 spiro atoms. The normalized spacial score (nSPS) is 47.8. The quantitative estimate of drug-likeness (QED) is 0.408. The molecule has 0 N–H and O–H groups in total. The SMILES string of the molecule is O=[N+]([O-])N1[C@@H]2OC3O[C@H]2N([N+](=O)[O-])[C@H]2OC3O[C@@H]21. The van der Waals surface area contributed by atoms with Crippen molar-refractivity contribution in [3.63, 3.8) is 0 Å². The maximum atomic E-state index is 11.0. The lowest BCUT2D eigenvalue weighted by Gasteiger charge is -2.37. The summed E-state index contributed by atoms with van der Waals surface area (Å²) in [7, 11) is 0. The third-order valence-corrected chi connectivity index (χ3v) is 3.22. The fourth-order valence-corrected chi connectivity index (χ4v) is 2.57. The summed E-state index contributed by atoms with van der Waals surface area (Å²) in [5, 5.41) is 21.9. The molecule has 5 fully saturated rings. The van der Waals surface area contributed by atoms with Gasteiger partial charge in [0.1, 0.15) is 0 Å². The minimum Gasteiger partial charge on any atom is -0.314 e. The lowest BCUT2D eigenvalue weighted by Crippen LogP contribution is -2.69. The predicted octanol–water partition coefficient (Wildman–Crippen LogP) is -1.95. The van der Waals surface area contributed by atoms with Gasteiger partial charge in [-0.15, -0.1) is 0 Å². The second kappa shape index (κ2) is 2.97. The molecule has 5 saturated heterocycles. The van der Waals surface area contributed by atoms with Gasteiger partial charge in [-0.05, 0) is 0 Å². The first-order valence-corrected chi connectivity index (χ1v) is 5.05. The molecule has 18 heavy (non-hydrogen) atoms. The second-order valence-corrected chi connectivity index (χ2v) is 4.08. The molecule has 0 aromatic carbocycles. The van der Waals surface area contributed by atoms with Crippen molar-refractivity contribution in [1.82, 2.24) is 10.0 Å². The minimum absolute atomic E-state index is 0.655. The van der Waals surface area contributed by atoms with Gasteiger partial charge in [0, 0.05) is 0 Å². The summed E-state index contributed by atoms with van der Waals surface area (Å²) in [6.07, 6.45) is -6.75. The number of piperazine rings is 1. The zero-order chi connectivity index (χ0) is 12.6. The van der Waals surface area contributed by atoms with Crippen molar-refractivity contribution in [2.24, 2.45) is 0 Å². The summed E-state index contributed by atoms with van der Waals surface area (Å²) >= 11 is 0. The van der Waals surface area contributed by atoms with E-state index in [0.717, 1.165) is 0 Å². The van der Waals surface area contributed by atoms with Crippen LogP contribution in [0.25, 0.3) is 0 Å². The molecule has 12 nitrogen and oxygen atoms in total. The molecule has 4 atom stereocenters. The highest BCUT2D eigenvalue weighted by atomic mass is 16.9. The summed E-state index contributed by atoms with van der Waals surface area (Å²) in [6.45, 7) is 0. The lowest BCUT2D eigenvalue weighted by molar-refractivity contribution is -0.747. The van der Waals surface area contributed by atoms with E-state index in [1.54, 1.807) is 0 Å². The highest BCUT2D eigenvalue weighted by Crippen LogP contribution is 2.45. The molecule has 0 aliphatic carbocycles. The summed E-state index contributed by atoms with van der Waals surface area (Å²) in [5.41, 5.74) is 0. The van der Waals surface area contributed by atoms with E-state index in [9.17, 15) is 20.2 Å². The number of hydrogen-bond donors (Lipinski definition) is 0. The molecule has 5 aliphatic heterocycles. The highest BCUT2D eigenvalue weighted by Gasteiger charge is 2.72. The number of hydrazine groups is 2. The standard InChI is InChI=1S/C6H6N4O8/c11-9(12)7-1-2-8(10(13)14)4-3(7)17-6(18-4)5(15-1)16-2/h1-6H/t1-,2-,3+,4+,5?,6?. The Bertz CT molecular complexity index is 381. The smallest absolute Gasteiger partial charge is 0.243 e. The first kappa shape index (κ1) is 10.2. The molecule has 0 aromatic heterocycles. The molecule has 5 heterocycles. The van der Waals surface area contributed by atoms with Gasteiger partial charge >= 0.3 is 0 Å². The van der Waals surface area contributed by atoms with Crippen LogP contribution in [0.15, 0.2) is 0 Å². The summed E-state index contributed by atoms with van der Waals surface area (Å²) in [6, 6.07) is 0. The monoisotopic (exact) mass is 262 g/mol. The van der Waals surface area contributed by atoms with Crippen LogP contribution in [0, 0.1) is 20.2 Å². The third-order valence-electron chi connectivity index (χ3n) is 3.22. The Balaban J connectivity index is 1.83. The molecule has 0 saturated carbocycles. The first-order valence-electron chi connectivity index (χ1n) is 5.05. The molecule has 0 aromatic rings. The maximum absolute atomic E-state index is 11.0. The second-order valence-electron chi connectivity index (χ2n) is 4.08. The Kier molecular flexibility index (Phi) is 1.68. The third kappa shape index (κ3) is 0.989. The van der Waals surface area contributed by atoms with E-state index in [2.05, 4.69) is 0 Å². The van der Waals surface area contributed by atoms with Gasteiger partial charge in [0.25, 0.3) is 0 Å². The van der Waals surface area contributed by atoms with Crippen molar-refractivity contribution in [3.05, 3.63) is 20.2 Å². The summed E-state index contributed by atoms with van der Waals surface area (Å²) in [5.74, 6) is 0. The van der Waals surface area contributed by atoms with Crippen molar-refractivity contribution in [2.45, 2.75) is 37.5 Å². The highest BCUT2D eigenvalue weighted by molar-refractivity contribution is 4.92. The molecule has 6 bridgehead atoms. The number of nitrogens with zero attached hydrogens (tertiary/aromatic N) is 4. The number of hydrogen-bond acceptors (Lipinski definition) is 8. The summed E-state index contributed by atoms with van der Waals surface area (Å²) < 4.78 is 20.9. The zero-order valence-electron chi connectivity index (χ0n) is 8.52. The van der Waals surface area contributed by atoms with Crippen LogP contribution >= 0.6 is 0 Å². The number of rotatable bonds is 2. The Morgan fingerprint density at radius 3 is 1.22 bits per heavy atom. The van der Waals surface area contributed by atoms with Crippen LogP contribution in [0.3, 0.4) is 0 Å². The van der Waals surface area contributed by atoms with E-state index < -0.39 is 47.6 Å². The van der Waals surface area contributed by atoms with Crippen LogP contribution < -0.4 is 0 Å². The van der Waals surface area contributed by atoms with Crippen molar-refractivity contribution in [1.29, 1.82) is 0 Å². The van der Waals surface area contributed by atoms with Crippen LogP contribution in [0.4, 0.5) is 0 Å². The van der Waals surface area contributed by atoms with Gasteiger partial charge in [-0.2, -0.15) is 0 Å². The van der Waals surface area contributed by atoms with Crippen LogP contribution in [-0.2, 0) is 18.9 Å². The molecule has 5 aliphatic rings. The van der Waals surface area contributed by atoms with Gasteiger partial charge in [-0.3, -0.25) is 0 Å². The van der Waals surface area contributed by atoms with Crippen LogP contribution in [0.5, 0.6) is 0 Å². The largest absolute Gasteiger partial charge is 0.314 e. The van der Waals surface area contributed by atoms with Gasteiger partial charge < -0.3 is 18.9 Å². The number of nitro groups is 2. The predicted molar refractivity (Wildman–Crippen MR) is 44.7 cm³/mol. The Labute approximate surface area is 97.8 Å². The fourth-order valence-electron chi connectivity index (χ4n) is 2.57. The van der Waals surface area contributed by atoms with E-state index in [1.165, 1.54) is 0 Å². The topological polar surface area (TPSA) is 130 Å². The molecule has 0 radical (unpaired) electrons. The average molecular weight is 262 g/mol. The molecule has 12 heteroatoms. The average Bonchev–Trinajstić information content (AvgIpc) is 2.76. The van der Waals surface area contributed by atoms with E-state index in [0.29, 0.717) is 10.0 Å². The molecular formula is C6H6N4O8. The van der Waals surface area contributed by atoms with Crippen LogP contribution in [0.2, 0.25) is 0 Å². The van der Waals surface area contributed by atoms with E-state index in [-0.39, 0.29) is 0 Å². The van der Waals surface area contributed by atoms with Gasteiger partial charge in [0.15, 0.2) is 10.1 Å². The summed E-state index contributed by atoms with van der Waals surface area (Å²) in [4.78, 5) is 22.0. The Morgan fingerprint density at radius 2 is 1.00 bits per heavy atom. The Morgan fingerprint density at radius 1 is 0.722 bits per heavy atom. The van der Waals surface area contributed by atoms with Crippen LogP contribution in [-0.4, -0.2) is 57.6 Å². The molecule has 5 rings (SSSR count).